The van der Waals surface area contributed by atoms with E-state index in [9.17, 15) is 18.0 Å². The van der Waals surface area contributed by atoms with Gasteiger partial charge in [0, 0.05) is 16.5 Å². The Bertz CT molecular complexity index is 1030. The molecule has 0 saturated heterocycles. The molecule has 2 aromatic carbocycles. The Morgan fingerprint density at radius 3 is 2.37 bits per heavy atom. The minimum atomic E-state index is -4.40. The summed E-state index contributed by atoms with van der Waals surface area (Å²) in [5.41, 5.74) is 0.941. The van der Waals surface area contributed by atoms with Crippen LogP contribution in [0.4, 0.5) is 13.2 Å². The van der Waals surface area contributed by atoms with E-state index in [0.717, 1.165) is 12.1 Å². The third-order valence-electron chi connectivity index (χ3n) is 4.04. The second-order valence-corrected chi connectivity index (χ2v) is 5.96. The van der Waals surface area contributed by atoms with Crippen molar-refractivity contribution < 1.29 is 32.2 Å². The zero-order valence-corrected chi connectivity index (χ0v) is 14.4. The van der Waals surface area contributed by atoms with Crippen molar-refractivity contribution in [3.63, 3.8) is 0 Å². The summed E-state index contributed by atoms with van der Waals surface area (Å²) in [6, 6.07) is 9.68. The Kier molecular flexibility index (Phi) is 4.70. The van der Waals surface area contributed by atoms with Gasteiger partial charge in [-0.15, -0.1) is 0 Å². The second-order valence-electron chi connectivity index (χ2n) is 5.96. The summed E-state index contributed by atoms with van der Waals surface area (Å²) in [7, 11) is 1.45. The fourth-order valence-corrected chi connectivity index (χ4v) is 2.66. The van der Waals surface area contributed by atoms with Crippen LogP contribution in [0.5, 0.6) is 5.75 Å². The molecular formula is C20H15F3O4. The number of hydrogen-bond donors (Lipinski definition) is 1. The molecule has 27 heavy (non-hydrogen) atoms. The number of carboxylic acid groups (broad SMARTS) is 1. The molecule has 3 rings (SSSR count). The summed E-state index contributed by atoms with van der Waals surface area (Å²) >= 11 is 0. The lowest BCUT2D eigenvalue weighted by Crippen LogP contribution is -2.03. The number of fused-ring (bicyclic) bond motifs is 1. The lowest BCUT2D eigenvalue weighted by atomic mass is 10.1. The van der Waals surface area contributed by atoms with Crippen molar-refractivity contribution in [3.05, 3.63) is 59.2 Å². The molecule has 4 nitrogen and oxygen atoms in total. The van der Waals surface area contributed by atoms with Gasteiger partial charge in [-0.25, -0.2) is 4.79 Å². The smallest absolute Gasteiger partial charge is 0.416 e. The summed E-state index contributed by atoms with van der Waals surface area (Å²) in [4.78, 5) is 11.0. The molecule has 0 spiro atoms. The molecule has 3 aromatic rings. The van der Waals surface area contributed by atoms with Gasteiger partial charge < -0.3 is 14.3 Å². The number of hydrogen-bond acceptors (Lipinski definition) is 3. The summed E-state index contributed by atoms with van der Waals surface area (Å²) in [6.45, 7) is 1.47. The van der Waals surface area contributed by atoms with E-state index in [1.807, 2.05) is 0 Å². The third-order valence-corrected chi connectivity index (χ3v) is 4.04. The molecule has 0 amide bonds. The van der Waals surface area contributed by atoms with Crippen molar-refractivity contribution in [1.82, 2.24) is 0 Å². The maximum absolute atomic E-state index is 12.7. The summed E-state index contributed by atoms with van der Waals surface area (Å²) in [5, 5.41) is 9.66. The van der Waals surface area contributed by atoms with Crippen molar-refractivity contribution in [3.8, 4) is 17.1 Å². The molecule has 0 bridgehead atoms. The first-order valence-electron chi connectivity index (χ1n) is 7.90. The van der Waals surface area contributed by atoms with Crippen molar-refractivity contribution in [1.29, 1.82) is 0 Å². The first-order valence-corrected chi connectivity index (χ1v) is 7.90. The number of carboxylic acids is 1. The average Bonchev–Trinajstić information content (AvgIpc) is 3.04. The lowest BCUT2D eigenvalue weighted by molar-refractivity contribution is -0.137. The van der Waals surface area contributed by atoms with Gasteiger partial charge in [-0.2, -0.15) is 13.2 Å². The van der Waals surface area contributed by atoms with Crippen LogP contribution in [0.2, 0.25) is 0 Å². The van der Waals surface area contributed by atoms with Crippen LogP contribution in [0.1, 0.15) is 18.1 Å². The molecule has 0 saturated carbocycles. The zero-order chi connectivity index (χ0) is 19.8. The number of alkyl halides is 3. The van der Waals surface area contributed by atoms with Crippen molar-refractivity contribution in [2.45, 2.75) is 13.1 Å². The van der Waals surface area contributed by atoms with E-state index in [1.54, 1.807) is 18.2 Å². The summed E-state index contributed by atoms with van der Waals surface area (Å²) in [5.74, 6) is -0.255. The highest BCUT2D eigenvalue weighted by Crippen LogP contribution is 2.36. The molecule has 7 heteroatoms. The van der Waals surface area contributed by atoms with E-state index in [0.29, 0.717) is 33.6 Å². The van der Waals surface area contributed by atoms with Crippen LogP contribution < -0.4 is 4.74 Å². The van der Waals surface area contributed by atoms with Gasteiger partial charge in [-0.3, -0.25) is 0 Å². The largest absolute Gasteiger partial charge is 0.493 e. The van der Waals surface area contributed by atoms with Crippen LogP contribution >= 0.6 is 0 Å². The van der Waals surface area contributed by atoms with Crippen LogP contribution in [0.25, 0.3) is 28.4 Å². The number of aliphatic carboxylic acids is 1. The monoisotopic (exact) mass is 376 g/mol. The van der Waals surface area contributed by atoms with Crippen molar-refractivity contribution in [2.75, 3.05) is 7.11 Å². The van der Waals surface area contributed by atoms with Gasteiger partial charge >= 0.3 is 12.1 Å². The molecule has 0 fully saturated rings. The topological polar surface area (TPSA) is 59.7 Å². The molecule has 140 valence electrons. The number of furan rings is 1. The Balaban J connectivity index is 2.06. The first kappa shape index (κ1) is 18.6. The fourth-order valence-electron chi connectivity index (χ4n) is 2.66. The van der Waals surface area contributed by atoms with Crippen LogP contribution in [-0.2, 0) is 11.0 Å². The van der Waals surface area contributed by atoms with Gasteiger partial charge in [0.15, 0.2) is 11.3 Å². The number of halogens is 3. The molecule has 0 aliphatic heterocycles. The van der Waals surface area contributed by atoms with E-state index >= 15 is 0 Å². The molecule has 1 aromatic heterocycles. The SMILES string of the molecule is COc1cc(/C=C(\C)C(=O)O)cc2cc(-c3ccc(C(F)(F)F)cc3)oc12. The Morgan fingerprint density at radius 2 is 1.81 bits per heavy atom. The van der Waals surface area contributed by atoms with Gasteiger partial charge in [0.1, 0.15) is 5.76 Å². The van der Waals surface area contributed by atoms with Crippen LogP contribution in [0.15, 0.2) is 52.5 Å². The number of carbonyl (C=O) groups is 1. The highest BCUT2D eigenvalue weighted by molar-refractivity contribution is 5.94. The molecule has 1 N–H and O–H groups in total. The Hall–Kier alpha value is -3.22. The highest BCUT2D eigenvalue weighted by Gasteiger charge is 2.30. The molecule has 0 atom stereocenters. The van der Waals surface area contributed by atoms with Crippen LogP contribution in [0, 0.1) is 0 Å². The number of benzene rings is 2. The van der Waals surface area contributed by atoms with Crippen LogP contribution in [-0.4, -0.2) is 18.2 Å². The minimum absolute atomic E-state index is 0.155. The Morgan fingerprint density at radius 1 is 1.15 bits per heavy atom. The normalized spacial score (nSPS) is 12.4. The standard InChI is InChI=1S/C20H15F3O4/c1-11(19(24)25)7-12-8-14-10-16(27-18(14)17(9-12)26-2)13-3-5-15(6-4-13)20(21,22)23/h3-10H,1-2H3,(H,24,25)/b11-7+. The number of rotatable bonds is 4. The first-order chi connectivity index (χ1) is 12.7. The fraction of sp³-hybridized carbons (Fsp3) is 0.150. The molecule has 0 unspecified atom stereocenters. The third kappa shape index (κ3) is 3.81. The van der Waals surface area contributed by atoms with Crippen molar-refractivity contribution >= 4 is 23.0 Å². The minimum Gasteiger partial charge on any atom is -0.493 e. The predicted octanol–water partition coefficient (Wildman–Crippen LogP) is 5.62. The maximum Gasteiger partial charge on any atom is 0.416 e. The second kappa shape index (κ2) is 6.83. The zero-order valence-electron chi connectivity index (χ0n) is 14.4. The lowest BCUT2D eigenvalue weighted by Gasteiger charge is -2.06. The molecular weight excluding hydrogens is 361 g/mol. The number of ether oxygens (including phenoxy) is 1. The van der Waals surface area contributed by atoms with Gasteiger partial charge in [0.25, 0.3) is 0 Å². The predicted molar refractivity (Wildman–Crippen MR) is 94.5 cm³/mol. The number of methoxy groups -OCH3 is 1. The molecule has 0 aliphatic rings. The van der Waals surface area contributed by atoms with Crippen molar-refractivity contribution in [2.24, 2.45) is 0 Å². The van der Waals surface area contributed by atoms with Gasteiger partial charge in [0.05, 0.1) is 12.7 Å². The average molecular weight is 376 g/mol. The summed E-state index contributed by atoms with van der Waals surface area (Å²) < 4.78 is 49.2. The van der Waals surface area contributed by atoms with Gasteiger partial charge in [0.2, 0.25) is 0 Å². The Labute approximate surface area is 152 Å². The van der Waals surface area contributed by atoms with E-state index in [2.05, 4.69) is 0 Å². The highest BCUT2D eigenvalue weighted by atomic mass is 19.4. The molecule has 0 radical (unpaired) electrons. The van der Waals surface area contributed by atoms with E-state index in [-0.39, 0.29) is 5.57 Å². The van der Waals surface area contributed by atoms with E-state index < -0.39 is 17.7 Å². The van der Waals surface area contributed by atoms with Crippen LogP contribution in [0.3, 0.4) is 0 Å². The van der Waals surface area contributed by atoms with Gasteiger partial charge in [-0.05, 0) is 48.9 Å². The van der Waals surface area contributed by atoms with Gasteiger partial charge in [-0.1, -0.05) is 12.1 Å². The maximum atomic E-state index is 12.7. The summed E-state index contributed by atoms with van der Waals surface area (Å²) in [6.07, 6.45) is -2.91. The molecule has 0 aliphatic carbocycles. The molecule has 1 heterocycles. The van der Waals surface area contributed by atoms with E-state index in [4.69, 9.17) is 14.3 Å². The van der Waals surface area contributed by atoms with E-state index in [1.165, 1.54) is 32.2 Å². The quantitative estimate of drug-likeness (QED) is 0.601.